The molecule has 1 saturated heterocycles. The van der Waals surface area contributed by atoms with Crippen molar-refractivity contribution in [2.45, 2.75) is 24.8 Å². The lowest BCUT2D eigenvalue weighted by Gasteiger charge is -2.29. The van der Waals surface area contributed by atoms with Crippen LogP contribution >= 0.6 is 11.8 Å². The third-order valence-corrected chi connectivity index (χ3v) is 6.10. The Kier molecular flexibility index (Phi) is 4.96. The van der Waals surface area contributed by atoms with Crippen molar-refractivity contribution in [3.8, 4) is 11.3 Å². The van der Waals surface area contributed by atoms with Crippen molar-refractivity contribution in [1.29, 1.82) is 0 Å². The lowest BCUT2D eigenvalue weighted by atomic mass is 10.1. The third kappa shape index (κ3) is 3.26. The molecule has 5 rings (SSSR count). The van der Waals surface area contributed by atoms with Gasteiger partial charge in [0.25, 0.3) is 5.91 Å². The summed E-state index contributed by atoms with van der Waals surface area (Å²) in [6.07, 6.45) is 6.38. The van der Waals surface area contributed by atoms with Crippen LogP contribution in [0, 0.1) is 0 Å². The number of thioether (sulfide) groups is 1. The molecule has 1 aliphatic rings. The lowest BCUT2D eigenvalue weighted by molar-refractivity contribution is 0.0541. The van der Waals surface area contributed by atoms with E-state index >= 15 is 0 Å². The number of carbonyl (C=O) groups excluding carboxylic acids is 1. The van der Waals surface area contributed by atoms with Crippen LogP contribution in [0.25, 0.3) is 33.1 Å². The normalized spacial score (nSPS) is 15.3. The molecule has 154 valence electrons. The summed E-state index contributed by atoms with van der Waals surface area (Å²) in [7, 11) is 0. The SMILES string of the molecule is CSCn1nc(-c2coc3ccccc23)c2cnc(C(=O)N3CCC(O)CC3)cc21. The predicted octanol–water partition coefficient (Wildman–Crippen LogP) is 3.76. The molecule has 30 heavy (non-hydrogen) atoms. The summed E-state index contributed by atoms with van der Waals surface area (Å²) in [6.45, 7) is 1.10. The van der Waals surface area contributed by atoms with Crippen molar-refractivity contribution in [2.24, 2.45) is 0 Å². The number of amides is 1. The number of aromatic nitrogens is 3. The van der Waals surface area contributed by atoms with Crippen LogP contribution in [0.4, 0.5) is 0 Å². The second kappa shape index (κ2) is 7.77. The number of carbonyl (C=O) groups is 1. The molecule has 4 aromatic rings. The average molecular weight is 423 g/mol. The van der Waals surface area contributed by atoms with E-state index < -0.39 is 0 Å². The van der Waals surface area contributed by atoms with Gasteiger partial charge in [0.15, 0.2) is 0 Å². The van der Waals surface area contributed by atoms with Gasteiger partial charge in [0.05, 0.1) is 17.5 Å². The van der Waals surface area contributed by atoms with Crippen molar-refractivity contribution >= 4 is 39.5 Å². The molecule has 0 radical (unpaired) electrons. The topological polar surface area (TPSA) is 84.4 Å². The number of para-hydroxylation sites is 1. The molecule has 1 amide bonds. The number of rotatable bonds is 4. The van der Waals surface area contributed by atoms with Crippen LogP contribution in [0.2, 0.25) is 0 Å². The van der Waals surface area contributed by atoms with Gasteiger partial charge in [-0.25, -0.2) is 0 Å². The molecule has 3 aromatic heterocycles. The van der Waals surface area contributed by atoms with Crippen LogP contribution in [0.5, 0.6) is 0 Å². The smallest absolute Gasteiger partial charge is 0.272 e. The van der Waals surface area contributed by atoms with Crippen LogP contribution in [-0.2, 0) is 5.88 Å². The number of nitrogens with zero attached hydrogens (tertiary/aromatic N) is 4. The Hall–Kier alpha value is -2.84. The van der Waals surface area contributed by atoms with Gasteiger partial charge in [-0.15, -0.1) is 11.8 Å². The molecular weight excluding hydrogens is 400 g/mol. The maximum absolute atomic E-state index is 13.0. The van der Waals surface area contributed by atoms with Gasteiger partial charge in [0, 0.05) is 35.6 Å². The van der Waals surface area contributed by atoms with Crippen LogP contribution in [0.3, 0.4) is 0 Å². The number of hydrogen-bond donors (Lipinski definition) is 1. The molecule has 1 aliphatic heterocycles. The number of likely N-dealkylation sites (tertiary alicyclic amines) is 1. The van der Waals surface area contributed by atoms with Crippen molar-refractivity contribution < 1.29 is 14.3 Å². The Morgan fingerprint density at radius 2 is 2.07 bits per heavy atom. The Morgan fingerprint density at radius 3 is 2.87 bits per heavy atom. The van der Waals surface area contributed by atoms with E-state index in [4.69, 9.17) is 9.52 Å². The highest BCUT2D eigenvalue weighted by molar-refractivity contribution is 7.97. The quantitative estimate of drug-likeness (QED) is 0.539. The molecule has 0 unspecified atom stereocenters. The van der Waals surface area contributed by atoms with Crippen molar-refractivity contribution in [1.82, 2.24) is 19.7 Å². The van der Waals surface area contributed by atoms with Crippen molar-refractivity contribution in [2.75, 3.05) is 19.3 Å². The first kappa shape index (κ1) is 19.1. The largest absolute Gasteiger partial charge is 0.464 e. The molecule has 1 aromatic carbocycles. The maximum atomic E-state index is 13.0. The van der Waals surface area contributed by atoms with Gasteiger partial charge in [0.1, 0.15) is 23.2 Å². The van der Waals surface area contributed by atoms with Crippen LogP contribution < -0.4 is 0 Å². The third-order valence-electron chi connectivity index (χ3n) is 5.59. The van der Waals surface area contributed by atoms with E-state index in [0.717, 1.165) is 33.1 Å². The highest BCUT2D eigenvalue weighted by Crippen LogP contribution is 2.35. The van der Waals surface area contributed by atoms with Gasteiger partial charge in [-0.05, 0) is 31.2 Å². The molecule has 0 spiro atoms. The molecule has 0 atom stereocenters. The zero-order valence-corrected chi connectivity index (χ0v) is 17.4. The van der Waals surface area contributed by atoms with Crippen molar-refractivity contribution in [3.63, 3.8) is 0 Å². The molecule has 1 N–H and O–H groups in total. The van der Waals surface area contributed by atoms with Crippen molar-refractivity contribution in [3.05, 3.63) is 48.5 Å². The monoisotopic (exact) mass is 422 g/mol. The van der Waals surface area contributed by atoms with Crippen LogP contribution in [-0.4, -0.2) is 56.1 Å². The Labute approximate surface area is 177 Å². The van der Waals surface area contributed by atoms with Gasteiger partial charge >= 0.3 is 0 Å². The number of furan rings is 1. The van der Waals surface area contributed by atoms with Crippen LogP contribution in [0.1, 0.15) is 23.3 Å². The summed E-state index contributed by atoms with van der Waals surface area (Å²) < 4.78 is 7.63. The Bertz CT molecular complexity index is 1220. The fourth-order valence-corrected chi connectivity index (χ4v) is 4.44. The second-order valence-electron chi connectivity index (χ2n) is 7.52. The van der Waals surface area contributed by atoms with Gasteiger partial charge in [0.2, 0.25) is 0 Å². The highest BCUT2D eigenvalue weighted by atomic mass is 32.2. The number of pyridine rings is 1. The summed E-state index contributed by atoms with van der Waals surface area (Å²) in [5, 5.41) is 16.4. The first-order valence-electron chi connectivity index (χ1n) is 9.95. The van der Waals surface area contributed by atoms with Gasteiger partial charge in [-0.2, -0.15) is 5.10 Å². The molecule has 0 saturated carbocycles. The summed E-state index contributed by atoms with van der Waals surface area (Å²) in [5.74, 6) is 0.566. The molecule has 4 heterocycles. The predicted molar refractivity (Wildman–Crippen MR) is 117 cm³/mol. The molecule has 8 heteroatoms. The van der Waals surface area contributed by atoms with E-state index in [2.05, 4.69) is 4.98 Å². The molecule has 7 nitrogen and oxygen atoms in total. The minimum atomic E-state index is -0.320. The summed E-state index contributed by atoms with van der Waals surface area (Å²) in [5.41, 5.74) is 3.81. The Balaban J connectivity index is 1.58. The van der Waals surface area contributed by atoms with Gasteiger partial charge in [-0.1, -0.05) is 18.2 Å². The number of hydrogen-bond acceptors (Lipinski definition) is 6. The van der Waals surface area contributed by atoms with Gasteiger partial charge in [-0.3, -0.25) is 14.5 Å². The first-order valence-corrected chi connectivity index (χ1v) is 11.3. The number of benzene rings is 1. The number of aliphatic hydroxyl groups is 1. The molecule has 0 bridgehead atoms. The van der Waals surface area contributed by atoms with E-state index in [0.29, 0.717) is 37.5 Å². The number of piperidine rings is 1. The number of fused-ring (bicyclic) bond motifs is 2. The van der Waals surface area contributed by atoms with E-state index in [1.54, 1.807) is 29.1 Å². The number of aliphatic hydroxyl groups excluding tert-OH is 1. The summed E-state index contributed by atoms with van der Waals surface area (Å²) in [4.78, 5) is 19.2. The molecular formula is C22H22N4O3S. The minimum Gasteiger partial charge on any atom is -0.464 e. The fraction of sp³-hybridized carbons (Fsp3) is 0.318. The average Bonchev–Trinajstić information content (AvgIpc) is 3.35. The van der Waals surface area contributed by atoms with E-state index in [1.165, 1.54) is 0 Å². The maximum Gasteiger partial charge on any atom is 0.272 e. The van der Waals surface area contributed by atoms with E-state index in [1.807, 2.05) is 41.3 Å². The van der Waals surface area contributed by atoms with E-state index in [9.17, 15) is 9.90 Å². The summed E-state index contributed by atoms with van der Waals surface area (Å²) in [6, 6.07) is 9.71. The van der Waals surface area contributed by atoms with Crippen LogP contribution in [0.15, 0.2) is 47.2 Å². The van der Waals surface area contributed by atoms with E-state index in [-0.39, 0.29) is 12.0 Å². The molecule has 1 fully saturated rings. The zero-order chi connectivity index (χ0) is 20.7. The molecule has 0 aliphatic carbocycles. The minimum absolute atomic E-state index is 0.101. The zero-order valence-electron chi connectivity index (χ0n) is 16.6. The summed E-state index contributed by atoms with van der Waals surface area (Å²) >= 11 is 1.66. The standard InChI is InChI=1S/C22H22N4O3S/c1-30-13-26-19-10-18(22(28)25-8-6-14(27)7-9-25)23-11-16(19)21(24-26)17-12-29-20-5-3-2-4-15(17)20/h2-5,10-12,14,27H,6-9,13H2,1H3. The Morgan fingerprint density at radius 1 is 1.27 bits per heavy atom. The first-order chi connectivity index (χ1) is 14.7. The lowest BCUT2D eigenvalue weighted by Crippen LogP contribution is -2.40. The fourth-order valence-electron chi connectivity index (χ4n) is 4.00. The highest BCUT2D eigenvalue weighted by Gasteiger charge is 2.25. The second-order valence-corrected chi connectivity index (χ2v) is 8.36. The van der Waals surface area contributed by atoms with Gasteiger partial charge < -0.3 is 14.4 Å².